The molecule has 0 saturated carbocycles. The number of phenols is 1. The molecule has 0 aliphatic rings. The number of imidazole rings is 1. The Kier molecular flexibility index (Phi) is 33.6. The number of aromatic amines is 1. The number of carbonyl (C=O) groups is 10. The molecule has 1 aromatic heterocycles. The number of amides is 9. The molecule has 1 aromatic carbocycles. The standard InChI is InChI=1S/C52H87N16O17PS/c1-7-29(4)41(54)50(79)64-38(22-32-24-57-27-60-32)48(77)63-36(17-20-87(6)84)46(75)68-42(28(2)3)51(80)65-37(21-31-13-15-33(71)16-14-31)47(76)66-39(25-69)49(78)62-34(11-8-9-18-53)44(73)61-35(12-10-19-58-52(55)56)45(74)67-40(26-85-86(81,82)83)43(72)59-23-30(5)70/h13-16,24,27-29,34-42,69,71H,7-12,17-23,25-26,53-54H2,1-6H3,(H,57,60)(H,59,72)(H,61,73)(H,62,78)(H,63,77)(H,64,79)(H,65,80)(H,66,76)(H,67,74)(H,68,75)(H4,55,56,58)(H2,81,82,83)/t29-,34-,35?,36-,37-,38+,39-,40-,41-,42-,87?/m0/s1. The highest BCUT2D eigenvalue weighted by Crippen LogP contribution is 2.35. The van der Waals surface area contributed by atoms with Crippen molar-refractivity contribution < 1.29 is 81.2 Å². The maximum atomic E-state index is 14.4. The van der Waals surface area contributed by atoms with Crippen LogP contribution in [0.4, 0.5) is 0 Å². The number of phenolic OH excluding ortho intramolecular Hbond substituents is 1. The lowest BCUT2D eigenvalue weighted by Gasteiger charge is -2.29. The summed E-state index contributed by atoms with van der Waals surface area (Å²) in [6.45, 7) is 5.24. The average Bonchev–Trinajstić information content (AvgIpc) is 3.24. The summed E-state index contributed by atoms with van der Waals surface area (Å²) in [5, 5.41) is 42.8. The number of nitrogens with one attached hydrogen (secondary N) is 10. The number of unbranched alkanes of at least 4 members (excludes halogenated alkanes) is 1. The van der Waals surface area contributed by atoms with Crippen LogP contribution in [0.2, 0.25) is 0 Å². The number of H-pyrrole nitrogens is 1. The van der Waals surface area contributed by atoms with Crippen LogP contribution >= 0.6 is 7.82 Å². The fraction of sp³-hybridized carbons (Fsp3) is 0.615. The zero-order valence-corrected chi connectivity index (χ0v) is 51.3. The molecule has 0 bridgehead atoms. The smallest absolute Gasteiger partial charge is 0.469 e. The minimum atomic E-state index is -5.22. The monoisotopic (exact) mass is 1270 g/mol. The molecule has 0 aliphatic heterocycles. The highest BCUT2D eigenvalue weighted by molar-refractivity contribution is 7.84. The maximum Gasteiger partial charge on any atom is 0.469 e. The van der Waals surface area contributed by atoms with Crippen molar-refractivity contribution in [1.82, 2.24) is 57.8 Å². The Bertz CT molecular complexity index is 2700. The first-order valence-corrected chi connectivity index (χ1v) is 31.2. The van der Waals surface area contributed by atoms with Gasteiger partial charge in [-0.1, -0.05) is 46.2 Å². The number of aliphatic hydroxyl groups is 1. The number of phosphoric ester groups is 1. The number of nitrogens with two attached hydrogens (primary N) is 4. The summed E-state index contributed by atoms with van der Waals surface area (Å²) < 4.78 is 28.4. The molecule has 11 atom stereocenters. The van der Waals surface area contributed by atoms with E-state index in [1.807, 2.05) is 6.92 Å². The quantitative estimate of drug-likeness (QED) is 0.0128. The van der Waals surface area contributed by atoms with Crippen molar-refractivity contribution in [2.45, 2.75) is 147 Å². The summed E-state index contributed by atoms with van der Waals surface area (Å²) in [6.07, 6.45) is 4.27. The van der Waals surface area contributed by atoms with Gasteiger partial charge < -0.3 is 95.8 Å². The van der Waals surface area contributed by atoms with E-state index in [9.17, 15) is 76.7 Å². The molecule has 2 rings (SSSR count). The first-order valence-electron chi connectivity index (χ1n) is 28.0. The normalized spacial score (nSPS) is 15.2. The van der Waals surface area contributed by atoms with Crippen LogP contribution in [0.25, 0.3) is 0 Å². The van der Waals surface area contributed by atoms with Crippen LogP contribution in [-0.2, 0) is 80.7 Å². The molecule has 0 aliphatic carbocycles. The third kappa shape index (κ3) is 29.2. The SMILES string of the molecule is CC[C@H](C)[C@H](N)C(=O)N[C@H](Cc1cnc[nH]1)C(=O)N[C@@H](CCS(C)=O)C(=O)N[C@H](C(=O)N[C@@H](Cc1ccc(O)cc1)C(=O)N[C@@H](CO)C(=O)N[C@@H](CCCCN)C(=O)NC(CCCN=C(N)N)C(=O)N[C@@H](COP(=O)(O)O)C(=O)NCC(C)=O)C(C)C. The minimum Gasteiger partial charge on any atom is -0.508 e. The Morgan fingerprint density at radius 2 is 1.21 bits per heavy atom. The van der Waals surface area contributed by atoms with Crippen molar-refractivity contribution in [2.24, 2.45) is 39.8 Å². The highest BCUT2D eigenvalue weighted by atomic mass is 32.2. The zero-order valence-electron chi connectivity index (χ0n) is 49.6. The summed E-state index contributed by atoms with van der Waals surface area (Å²) in [7, 11) is -6.70. The van der Waals surface area contributed by atoms with E-state index in [0.717, 1.165) is 6.92 Å². The van der Waals surface area contributed by atoms with Gasteiger partial charge in [0.1, 0.15) is 59.9 Å². The molecule has 1 heterocycles. The van der Waals surface area contributed by atoms with Gasteiger partial charge in [-0.25, -0.2) is 9.55 Å². The van der Waals surface area contributed by atoms with Gasteiger partial charge in [0.05, 0.1) is 32.1 Å². The van der Waals surface area contributed by atoms with E-state index in [0.29, 0.717) is 24.1 Å². The van der Waals surface area contributed by atoms with E-state index in [1.54, 1.807) is 20.8 Å². The van der Waals surface area contributed by atoms with Crippen LogP contribution in [0.15, 0.2) is 41.8 Å². The van der Waals surface area contributed by atoms with Crippen LogP contribution in [0, 0.1) is 11.8 Å². The number of benzene rings is 1. The second kappa shape index (κ2) is 38.6. The molecule has 87 heavy (non-hydrogen) atoms. The van der Waals surface area contributed by atoms with E-state index in [1.165, 1.54) is 43.0 Å². The molecule has 9 amide bonds. The van der Waals surface area contributed by atoms with E-state index in [4.69, 9.17) is 22.9 Å². The van der Waals surface area contributed by atoms with E-state index in [2.05, 4.69) is 67.3 Å². The number of aromatic hydroxyl groups is 1. The van der Waals surface area contributed by atoms with Gasteiger partial charge in [0.2, 0.25) is 53.2 Å². The van der Waals surface area contributed by atoms with Gasteiger partial charge in [0, 0.05) is 54.1 Å². The Morgan fingerprint density at radius 1 is 0.701 bits per heavy atom. The summed E-state index contributed by atoms with van der Waals surface area (Å²) >= 11 is 0. The number of Topliss-reactive ketones (excluding diaryl/α,β-unsaturated/α-hetero) is 1. The number of phosphoric acid groups is 1. The van der Waals surface area contributed by atoms with Gasteiger partial charge >= 0.3 is 7.82 Å². The number of carbonyl (C=O) groups excluding carboxylic acids is 10. The van der Waals surface area contributed by atoms with Crippen LogP contribution in [0.5, 0.6) is 5.75 Å². The Balaban J connectivity index is 2.51. The number of hydrogen-bond acceptors (Lipinski definition) is 19. The van der Waals surface area contributed by atoms with Crippen LogP contribution in [-0.4, -0.2) is 198 Å². The molecule has 2 aromatic rings. The molecular formula is C52H87N16O17PS. The second-order valence-corrected chi connectivity index (χ2v) is 23.7. The van der Waals surface area contributed by atoms with E-state index >= 15 is 0 Å². The third-order valence-corrected chi connectivity index (χ3v) is 14.6. The van der Waals surface area contributed by atoms with Gasteiger partial charge in [0.25, 0.3) is 0 Å². The molecular weight excluding hydrogens is 1180 g/mol. The highest BCUT2D eigenvalue weighted by Gasteiger charge is 2.37. The number of guanidine groups is 1. The van der Waals surface area contributed by atoms with E-state index < -0.39 is 158 Å². The van der Waals surface area contributed by atoms with Crippen molar-refractivity contribution in [2.75, 3.05) is 44.9 Å². The Labute approximate surface area is 506 Å². The summed E-state index contributed by atoms with van der Waals surface area (Å²) in [6, 6.07) is -8.07. The predicted molar refractivity (Wildman–Crippen MR) is 317 cm³/mol. The second-order valence-electron chi connectivity index (χ2n) is 20.9. The van der Waals surface area contributed by atoms with Gasteiger partial charge in [-0.3, -0.25) is 61.7 Å². The third-order valence-electron chi connectivity index (χ3n) is 13.3. The first kappa shape index (κ1) is 75.6. The van der Waals surface area contributed by atoms with Crippen LogP contribution < -0.4 is 70.8 Å². The maximum absolute atomic E-state index is 14.4. The molecule has 0 fully saturated rings. The molecule has 33 nitrogen and oxygen atoms in total. The number of aliphatic imine (C=N–C) groups is 1. The van der Waals surface area contributed by atoms with Crippen molar-refractivity contribution in [3.8, 4) is 5.75 Å². The van der Waals surface area contributed by atoms with Gasteiger partial charge in [-0.15, -0.1) is 0 Å². The van der Waals surface area contributed by atoms with Gasteiger partial charge in [0.15, 0.2) is 5.96 Å². The molecule has 35 heteroatoms. The Hall–Kier alpha value is -7.46. The molecule has 22 N–H and O–H groups in total. The molecule has 488 valence electrons. The zero-order chi connectivity index (χ0) is 65.6. The number of ketones is 1. The Morgan fingerprint density at radius 3 is 1.71 bits per heavy atom. The molecule has 0 radical (unpaired) electrons. The largest absolute Gasteiger partial charge is 0.508 e. The summed E-state index contributed by atoms with van der Waals surface area (Å²) in [4.78, 5) is 166. The van der Waals surface area contributed by atoms with Crippen molar-refractivity contribution >= 4 is 83.5 Å². The fourth-order valence-corrected chi connectivity index (χ4v) is 8.98. The summed E-state index contributed by atoms with van der Waals surface area (Å²) in [5.74, 6) is -10.8. The fourth-order valence-electron chi connectivity index (χ4n) is 8.06. The molecule has 2 unspecified atom stereocenters. The average molecular weight is 1270 g/mol. The lowest BCUT2D eigenvalue weighted by Crippen LogP contribution is -2.62. The molecule has 0 spiro atoms. The van der Waals surface area contributed by atoms with Crippen LogP contribution in [0.1, 0.15) is 90.8 Å². The summed E-state index contributed by atoms with van der Waals surface area (Å²) in [5.41, 5.74) is 23.6. The number of aliphatic hydroxyl groups excluding tert-OH is 1. The predicted octanol–water partition coefficient (Wildman–Crippen LogP) is -5.43. The lowest BCUT2D eigenvalue weighted by atomic mass is 9.98. The molecule has 0 saturated heterocycles. The lowest BCUT2D eigenvalue weighted by molar-refractivity contribution is -0.136. The van der Waals surface area contributed by atoms with Gasteiger partial charge in [-0.2, -0.15) is 0 Å². The van der Waals surface area contributed by atoms with Crippen molar-refractivity contribution in [3.63, 3.8) is 0 Å². The number of rotatable bonds is 41. The van der Waals surface area contributed by atoms with Crippen LogP contribution in [0.3, 0.4) is 0 Å². The number of hydrogen-bond donors (Lipinski definition) is 18. The van der Waals surface area contributed by atoms with Crippen molar-refractivity contribution in [1.29, 1.82) is 0 Å². The van der Waals surface area contributed by atoms with E-state index in [-0.39, 0.29) is 81.4 Å². The number of aromatic nitrogens is 2. The minimum absolute atomic E-state index is 0.0115. The van der Waals surface area contributed by atoms with Gasteiger partial charge in [-0.05, 0) is 81.5 Å². The van der Waals surface area contributed by atoms with Crippen molar-refractivity contribution in [3.05, 3.63) is 48.0 Å². The first-order chi connectivity index (χ1) is 40.9. The number of nitrogens with zero attached hydrogens (tertiary/aromatic N) is 2. The topological polar surface area (TPSA) is 548 Å².